The van der Waals surface area contributed by atoms with Crippen LogP contribution in [0.4, 0.5) is 0 Å². The molecule has 0 N–H and O–H groups in total. The molecule has 1 aliphatic rings. The maximum absolute atomic E-state index is 5.00. The standard InChI is InChI=1S/C53H44N4/c1-52(42-27-24-40(25-28-42)51-55-49(38-18-8-4-9-19-38)54-50(56-51)39-20-10-5-11-21-39)34-14-15-35-53(52,2)43-29-31-44(32-30-43)57-47-23-13-12-22-45(47)46-36-41(26-33-48(46)57)37-16-6-3-7-17-37/h3-13,16-33,36H,14-15,34-35H2,1-2H3/t52?,53-/m1/s1. The Kier molecular flexibility index (Phi) is 8.63. The molecular weight excluding hydrogens is 693 g/mol. The number of aromatic nitrogens is 4. The van der Waals surface area contributed by atoms with E-state index in [9.17, 15) is 0 Å². The lowest BCUT2D eigenvalue weighted by atomic mass is 9.52. The van der Waals surface area contributed by atoms with Gasteiger partial charge in [-0.3, -0.25) is 0 Å². The van der Waals surface area contributed by atoms with Crippen molar-refractivity contribution in [3.8, 4) is 51.0 Å². The molecule has 2 heterocycles. The number of hydrogen-bond acceptors (Lipinski definition) is 3. The van der Waals surface area contributed by atoms with Crippen LogP contribution in [0.15, 0.2) is 182 Å². The van der Waals surface area contributed by atoms with Crippen LogP contribution in [0.1, 0.15) is 50.7 Å². The molecule has 7 aromatic carbocycles. The molecule has 0 bridgehead atoms. The first-order valence-electron chi connectivity index (χ1n) is 20.2. The molecule has 10 rings (SSSR count). The van der Waals surface area contributed by atoms with Crippen molar-refractivity contribution in [1.82, 2.24) is 19.5 Å². The smallest absolute Gasteiger partial charge is 0.164 e. The first-order valence-corrected chi connectivity index (χ1v) is 20.2. The van der Waals surface area contributed by atoms with Crippen LogP contribution in [0.3, 0.4) is 0 Å². The molecule has 0 aliphatic heterocycles. The maximum Gasteiger partial charge on any atom is 0.164 e. The largest absolute Gasteiger partial charge is 0.309 e. The fraction of sp³-hybridized carbons (Fsp3) is 0.151. The average Bonchev–Trinajstić information content (AvgIpc) is 3.62. The lowest BCUT2D eigenvalue weighted by Gasteiger charge is -2.51. The van der Waals surface area contributed by atoms with Crippen LogP contribution in [0, 0.1) is 0 Å². The van der Waals surface area contributed by atoms with Crippen molar-refractivity contribution in [2.75, 3.05) is 0 Å². The molecule has 0 amide bonds. The Morgan fingerprint density at radius 2 is 0.807 bits per heavy atom. The number of hydrogen-bond donors (Lipinski definition) is 0. The molecule has 9 aromatic rings. The Labute approximate surface area is 334 Å². The molecule has 57 heavy (non-hydrogen) atoms. The van der Waals surface area contributed by atoms with Crippen molar-refractivity contribution in [1.29, 1.82) is 0 Å². The van der Waals surface area contributed by atoms with Crippen LogP contribution >= 0.6 is 0 Å². The van der Waals surface area contributed by atoms with E-state index in [0.717, 1.165) is 29.5 Å². The van der Waals surface area contributed by atoms with Gasteiger partial charge in [-0.1, -0.05) is 178 Å². The van der Waals surface area contributed by atoms with E-state index >= 15 is 0 Å². The molecule has 276 valence electrons. The number of benzene rings is 7. The Hall–Kier alpha value is -6.65. The van der Waals surface area contributed by atoms with Crippen molar-refractivity contribution in [2.45, 2.75) is 50.4 Å². The summed E-state index contributed by atoms with van der Waals surface area (Å²) in [5, 5.41) is 2.55. The molecular formula is C53H44N4. The summed E-state index contributed by atoms with van der Waals surface area (Å²) in [6.07, 6.45) is 4.70. The molecule has 1 saturated carbocycles. The van der Waals surface area contributed by atoms with Crippen molar-refractivity contribution in [3.05, 3.63) is 193 Å². The second kappa shape index (κ2) is 14.1. The number of rotatable bonds is 7. The summed E-state index contributed by atoms with van der Waals surface area (Å²) in [5.41, 5.74) is 11.7. The van der Waals surface area contributed by atoms with Gasteiger partial charge in [0.2, 0.25) is 0 Å². The van der Waals surface area contributed by atoms with Crippen LogP contribution < -0.4 is 0 Å². The third kappa shape index (κ3) is 6.04. The Morgan fingerprint density at radius 1 is 0.386 bits per heavy atom. The third-order valence-corrected chi connectivity index (χ3v) is 12.8. The third-order valence-electron chi connectivity index (χ3n) is 12.8. The predicted molar refractivity (Wildman–Crippen MR) is 236 cm³/mol. The number of para-hydroxylation sites is 1. The first-order chi connectivity index (χ1) is 28.0. The summed E-state index contributed by atoms with van der Waals surface area (Å²) in [7, 11) is 0. The summed E-state index contributed by atoms with van der Waals surface area (Å²) < 4.78 is 2.43. The molecule has 2 aromatic heterocycles. The molecule has 0 saturated heterocycles. The molecule has 1 aliphatic carbocycles. The minimum absolute atomic E-state index is 0.0508. The zero-order valence-corrected chi connectivity index (χ0v) is 32.4. The van der Waals surface area contributed by atoms with E-state index < -0.39 is 0 Å². The van der Waals surface area contributed by atoms with Crippen LogP contribution in [0.25, 0.3) is 72.8 Å². The van der Waals surface area contributed by atoms with E-state index in [2.05, 4.69) is 164 Å². The Morgan fingerprint density at radius 3 is 1.35 bits per heavy atom. The second-order valence-corrected chi connectivity index (χ2v) is 16.0. The summed E-state index contributed by atoms with van der Waals surface area (Å²) in [5.74, 6) is 2.04. The minimum atomic E-state index is -0.0600. The van der Waals surface area contributed by atoms with Crippen molar-refractivity contribution < 1.29 is 0 Å². The van der Waals surface area contributed by atoms with Gasteiger partial charge in [0.15, 0.2) is 17.5 Å². The summed E-state index contributed by atoms with van der Waals surface area (Å²) in [6, 6.07) is 65.2. The van der Waals surface area contributed by atoms with E-state index in [1.54, 1.807) is 0 Å². The molecule has 4 heteroatoms. The fourth-order valence-corrected chi connectivity index (χ4v) is 9.40. The monoisotopic (exact) mass is 736 g/mol. The van der Waals surface area contributed by atoms with Crippen LogP contribution in [0.5, 0.6) is 0 Å². The lowest BCUT2D eigenvalue weighted by molar-refractivity contribution is 0.171. The topological polar surface area (TPSA) is 43.6 Å². The van der Waals surface area contributed by atoms with Gasteiger partial charge in [0.1, 0.15) is 0 Å². The maximum atomic E-state index is 5.00. The Bertz CT molecular complexity index is 2790. The molecule has 1 unspecified atom stereocenters. The van der Waals surface area contributed by atoms with Gasteiger partial charge in [-0.05, 0) is 65.4 Å². The van der Waals surface area contributed by atoms with Gasteiger partial charge in [0.05, 0.1) is 11.0 Å². The van der Waals surface area contributed by atoms with E-state index in [-0.39, 0.29) is 10.8 Å². The molecule has 0 radical (unpaired) electrons. The number of nitrogens with zero attached hydrogens (tertiary/aromatic N) is 4. The summed E-state index contributed by atoms with van der Waals surface area (Å²) in [4.78, 5) is 14.9. The fourth-order valence-electron chi connectivity index (χ4n) is 9.40. The van der Waals surface area contributed by atoms with Crippen LogP contribution in [-0.2, 0) is 10.8 Å². The SMILES string of the molecule is CC1(c2ccc(-c3nc(-c4ccccc4)nc(-c4ccccc4)n3)cc2)CCCC[C@]1(C)c1ccc(-n2c3ccccc3c3cc(-c4ccccc4)ccc32)cc1. The summed E-state index contributed by atoms with van der Waals surface area (Å²) >= 11 is 0. The van der Waals surface area contributed by atoms with E-state index in [0.29, 0.717) is 17.5 Å². The quantitative estimate of drug-likeness (QED) is 0.164. The Balaban J connectivity index is 0.999. The zero-order valence-electron chi connectivity index (χ0n) is 32.4. The van der Waals surface area contributed by atoms with Gasteiger partial charge in [-0.25, -0.2) is 15.0 Å². The highest BCUT2D eigenvalue weighted by molar-refractivity contribution is 6.10. The predicted octanol–water partition coefficient (Wildman–Crippen LogP) is 13.4. The van der Waals surface area contributed by atoms with Crippen molar-refractivity contribution >= 4 is 21.8 Å². The van der Waals surface area contributed by atoms with E-state index in [4.69, 9.17) is 15.0 Å². The highest BCUT2D eigenvalue weighted by atomic mass is 15.0. The van der Waals surface area contributed by atoms with Gasteiger partial charge >= 0.3 is 0 Å². The van der Waals surface area contributed by atoms with Gasteiger partial charge in [-0.2, -0.15) is 0 Å². The molecule has 2 atom stereocenters. The zero-order chi connectivity index (χ0) is 38.4. The van der Waals surface area contributed by atoms with Gasteiger partial charge in [-0.15, -0.1) is 0 Å². The highest BCUT2D eigenvalue weighted by Gasteiger charge is 2.48. The normalized spacial score (nSPS) is 18.2. The highest BCUT2D eigenvalue weighted by Crippen LogP contribution is 2.54. The van der Waals surface area contributed by atoms with Crippen molar-refractivity contribution in [3.63, 3.8) is 0 Å². The van der Waals surface area contributed by atoms with E-state index in [1.807, 2.05) is 36.4 Å². The van der Waals surface area contributed by atoms with Crippen molar-refractivity contribution in [2.24, 2.45) is 0 Å². The average molecular weight is 737 g/mol. The molecule has 1 fully saturated rings. The van der Waals surface area contributed by atoms with Gasteiger partial charge in [0.25, 0.3) is 0 Å². The minimum Gasteiger partial charge on any atom is -0.309 e. The van der Waals surface area contributed by atoms with Crippen LogP contribution in [-0.4, -0.2) is 19.5 Å². The lowest BCUT2D eigenvalue weighted by Crippen LogP contribution is -2.47. The molecule has 4 nitrogen and oxygen atoms in total. The van der Waals surface area contributed by atoms with Gasteiger partial charge < -0.3 is 4.57 Å². The van der Waals surface area contributed by atoms with Crippen LogP contribution in [0.2, 0.25) is 0 Å². The molecule has 0 spiro atoms. The summed E-state index contributed by atoms with van der Waals surface area (Å²) in [6.45, 7) is 4.97. The number of fused-ring (bicyclic) bond motifs is 3. The second-order valence-electron chi connectivity index (χ2n) is 16.0. The first kappa shape index (κ1) is 34.8. The van der Waals surface area contributed by atoms with Gasteiger partial charge in [0, 0.05) is 44.0 Å². The van der Waals surface area contributed by atoms with E-state index in [1.165, 1.54) is 62.6 Å².